The first-order chi connectivity index (χ1) is 9.70. The fourth-order valence-corrected chi connectivity index (χ4v) is 2.68. The van der Waals surface area contributed by atoms with Crippen LogP contribution in [0.2, 0.25) is 0 Å². The minimum absolute atomic E-state index is 0.0786. The van der Waals surface area contributed by atoms with Gasteiger partial charge in [0, 0.05) is 13.1 Å². The third kappa shape index (κ3) is 5.63. The van der Waals surface area contributed by atoms with Crippen molar-refractivity contribution in [1.82, 2.24) is 10.2 Å². The van der Waals surface area contributed by atoms with E-state index in [1.165, 1.54) is 0 Å². The highest BCUT2D eigenvalue weighted by Crippen LogP contribution is 2.14. The van der Waals surface area contributed by atoms with Crippen LogP contribution in [0.3, 0.4) is 0 Å². The summed E-state index contributed by atoms with van der Waals surface area (Å²) in [6, 6.07) is -1.18. The van der Waals surface area contributed by atoms with Gasteiger partial charge in [-0.2, -0.15) is 0 Å². The zero-order valence-corrected chi connectivity index (χ0v) is 13.6. The van der Waals surface area contributed by atoms with Crippen LogP contribution in [0.1, 0.15) is 41.0 Å². The largest absolute Gasteiger partial charge is 0.480 e. The molecule has 4 unspecified atom stereocenters. The second kappa shape index (κ2) is 7.75. The van der Waals surface area contributed by atoms with Crippen LogP contribution in [0, 0.1) is 5.92 Å². The first-order valence-corrected chi connectivity index (χ1v) is 7.63. The van der Waals surface area contributed by atoms with E-state index in [9.17, 15) is 14.7 Å². The lowest BCUT2D eigenvalue weighted by Crippen LogP contribution is -2.56. The maximum absolute atomic E-state index is 12.3. The van der Waals surface area contributed by atoms with Crippen molar-refractivity contribution in [1.29, 1.82) is 0 Å². The minimum atomic E-state index is -0.979. The van der Waals surface area contributed by atoms with E-state index in [1.807, 2.05) is 39.5 Å². The lowest BCUT2D eigenvalue weighted by molar-refractivity contribution is -0.144. The molecule has 6 heteroatoms. The van der Waals surface area contributed by atoms with Crippen molar-refractivity contribution < 1.29 is 19.4 Å². The third-order valence-corrected chi connectivity index (χ3v) is 3.70. The molecule has 1 aliphatic heterocycles. The van der Waals surface area contributed by atoms with Crippen molar-refractivity contribution in [2.45, 2.75) is 65.3 Å². The molecule has 0 aliphatic carbocycles. The lowest BCUT2D eigenvalue weighted by atomic mass is 10.0. The van der Waals surface area contributed by atoms with Crippen molar-refractivity contribution in [2.75, 3.05) is 13.1 Å². The van der Waals surface area contributed by atoms with Crippen LogP contribution in [0.4, 0.5) is 0 Å². The molecule has 21 heavy (non-hydrogen) atoms. The number of nitrogens with one attached hydrogen (secondary N) is 1. The maximum atomic E-state index is 12.3. The van der Waals surface area contributed by atoms with Crippen molar-refractivity contribution >= 4 is 11.9 Å². The Labute approximate surface area is 126 Å². The third-order valence-electron chi connectivity index (χ3n) is 3.70. The number of carbonyl (C=O) groups excluding carboxylic acids is 1. The summed E-state index contributed by atoms with van der Waals surface area (Å²) in [7, 11) is 0. The molecule has 0 aromatic carbocycles. The molecule has 0 saturated carbocycles. The number of hydrogen-bond acceptors (Lipinski definition) is 4. The molecule has 0 bridgehead atoms. The van der Waals surface area contributed by atoms with E-state index in [0.717, 1.165) is 0 Å². The van der Waals surface area contributed by atoms with Gasteiger partial charge in [0.15, 0.2) is 0 Å². The monoisotopic (exact) mass is 300 g/mol. The highest BCUT2D eigenvalue weighted by Gasteiger charge is 2.31. The molecular weight excluding hydrogens is 272 g/mol. The Morgan fingerprint density at radius 2 is 1.76 bits per heavy atom. The Hall–Kier alpha value is -1.14. The van der Waals surface area contributed by atoms with Gasteiger partial charge in [-0.1, -0.05) is 13.8 Å². The highest BCUT2D eigenvalue weighted by atomic mass is 16.5. The van der Waals surface area contributed by atoms with Gasteiger partial charge in [0.2, 0.25) is 5.91 Å². The predicted octanol–water partition coefficient (Wildman–Crippen LogP) is 1.10. The van der Waals surface area contributed by atoms with Gasteiger partial charge in [0.05, 0.1) is 18.2 Å². The van der Waals surface area contributed by atoms with Crippen LogP contribution in [-0.2, 0) is 14.3 Å². The molecule has 2 N–H and O–H groups in total. The van der Waals surface area contributed by atoms with Crippen LogP contribution in [0.5, 0.6) is 0 Å². The molecule has 122 valence electrons. The van der Waals surface area contributed by atoms with Gasteiger partial charge >= 0.3 is 5.97 Å². The molecule has 1 aliphatic rings. The first kappa shape index (κ1) is 17.9. The van der Waals surface area contributed by atoms with E-state index in [-0.39, 0.29) is 30.1 Å². The van der Waals surface area contributed by atoms with Gasteiger partial charge in [-0.25, -0.2) is 4.79 Å². The number of ether oxygens (including phenoxy) is 1. The molecule has 1 amide bonds. The Bertz CT molecular complexity index is 363. The van der Waals surface area contributed by atoms with Crippen LogP contribution in [-0.4, -0.2) is 59.3 Å². The molecule has 6 nitrogen and oxygen atoms in total. The van der Waals surface area contributed by atoms with E-state index in [4.69, 9.17) is 4.74 Å². The molecule has 1 heterocycles. The fourth-order valence-electron chi connectivity index (χ4n) is 2.68. The number of rotatable bonds is 6. The van der Waals surface area contributed by atoms with Crippen molar-refractivity contribution in [2.24, 2.45) is 5.92 Å². The summed E-state index contributed by atoms with van der Waals surface area (Å²) in [5.41, 5.74) is 0. The SMILES string of the molecule is CC(C)CC(NC(=O)C(C)N1CC(C)OC(C)C1)C(=O)O. The quantitative estimate of drug-likeness (QED) is 0.768. The summed E-state index contributed by atoms with van der Waals surface area (Å²) in [5, 5.41) is 11.9. The van der Waals surface area contributed by atoms with Crippen molar-refractivity contribution in [3.05, 3.63) is 0 Å². The maximum Gasteiger partial charge on any atom is 0.326 e. The lowest BCUT2D eigenvalue weighted by Gasteiger charge is -2.38. The topological polar surface area (TPSA) is 78.9 Å². The van der Waals surface area contributed by atoms with Crippen LogP contribution < -0.4 is 5.32 Å². The summed E-state index contributed by atoms with van der Waals surface area (Å²) in [6.07, 6.45) is 0.592. The van der Waals surface area contributed by atoms with E-state index in [2.05, 4.69) is 5.32 Å². The number of nitrogens with zero attached hydrogens (tertiary/aromatic N) is 1. The average Bonchev–Trinajstić information content (AvgIpc) is 2.35. The van der Waals surface area contributed by atoms with Crippen molar-refractivity contribution in [3.8, 4) is 0 Å². The number of morpholine rings is 1. The summed E-state index contributed by atoms with van der Waals surface area (Å²) < 4.78 is 5.65. The van der Waals surface area contributed by atoms with Crippen LogP contribution in [0.15, 0.2) is 0 Å². The standard InChI is InChI=1S/C15H28N2O4/c1-9(2)6-13(15(19)20)16-14(18)12(5)17-7-10(3)21-11(4)8-17/h9-13H,6-8H2,1-5H3,(H,16,18)(H,19,20). The number of amides is 1. The molecule has 1 rings (SSSR count). The number of aliphatic carboxylic acids is 1. The summed E-state index contributed by atoms with van der Waals surface area (Å²) >= 11 is 0. The molecular formula is C15H28N2O4. The van der Waals surface area contributed by atoms with Gasteiger partial charge in [-0.15, -0.1) is 0 Å². The van der Waals surface area contributed by atoms with E-state index >= 15 is 0 Å². The molecule has 0 aromatic rings. The Morgan fingerprint density at radius 3 is 2.19 bits per heavy atom. The minimum Gasteiger partial charge on any atom is -0.480 e. The number of carbonyl (C=O) groups is 2. The zero-order valence-electron chi connectivity index (χ0n) is 13.6. The normalized spacial score (nSPS) is 26.4. The van der Waals surface area contributed by atoms with Crippen LogP contribution >= 0.6 is 0 Å². The van der Waals surface area contributed by atoms with Crippen molar-refractivity contribution in [3.63, 3.8) is 0 Å². The van der Waals surface area contributed by atoms with E-state index in [0.29, 0.717) is 19.5 Å². The zero-order chi connectivity index (χ0) is 16.2. The predicted molar refractivity (Wildman–Crippen MR) is 80.1 cm³/mol. The number of carboxylic acids is 1. The van der Waals surface area contributed by atoms with Gasteiger partial charge in [0.1, 0.15) is 6.04 Å². The Morgan fingerprint density at radius 1 is 1.24 bits per heavy atom. The Balaban J connectivity index is 2.62. The summed E-state index contributed by atoms with van der Waals surface area (Å²) in [6.45, 7) is 11.0. The smallest absolute Gasteiger partial charge is 0.326 e. The number of hydrogen-bond donors (Lipinski definition) is 2. The number of carboxylic acid groups (broad SMARTS) is 1. The highest BCUT2D eigenvalue weighted by molar-refractivity contribution is 5.86. The first-order valence-electron chi connectivity index (χ1n) is 7.63. The summed E-state index contributed by atoms with van der Waals surface area (Å²) in [5.74, 6) is -0.998. The van der Waals surface area contributed by atoms with E-state index < -0.39 is 12.0 Å². The average molecular weight is 300 g/mol. The van der Waals surface area contributed by atoms with Gasteiger partial charge in [0.25, 0.3) is 0 Å². The second-order valence-electron chi connectivity index (χ2n) is 6.42. The summed E-state index contributed by atoms with van der Waals surface area (Å²) in [4.78, 5) is 25.6. The second-order valence-corrected chi connectivity index (χ2v) is 6.42. The molecule has 0 radical (unpaired) electrons. The van der Waals surface area contributed by atoms with E-state index in [1.54, 1.807) is 0 Å². The molecule has 1 saturated heterocycles. The Kier molecular flexibility index (Phi) is 6.61. The van der Waals surface area contributed by atoms with Gasteiger partial charge in [-0.3, -0.25) is 9.69 Å². The van der Waals surface area contributed by atoms with Gasteiger partial charge < -0.3 is 15.2 Å². The molecule has 0 aromatic heterocycles. The molecule has 4 atom stereocenters. The van der Waals surface area contributed by atoms with Gasteiger partial charge in [-0.05, 0) is 33.1 Å². The van der Waals surface area contributed by atoms with Crippen LogP contribution in [0.25, 0.3) is 0 Å². The molecule has 1 fully saturated rings. The molecule has 0 spiro atoms. The fraction of sp³-hybridized carbons (Fsp3) is 0.867.